The van der Waals surface area contributed by atoms with Gasteiger partial charge in [-0.25, -0.2) is 4.79 Å². The summed E-state index contributed by atoms with van der Waals surface area (Å²) in [7, 11) is 0. The molecule has 30 heavy (non-hydrogen) atoms. The van der Waals surface area contributed by atoms with E-state index in [4.69, 9.17) is 21.1 Å². The highest BCUT2D eigenvalue weighted by Crippen LogP contribution is 2.39. The normalized spacial score (nSPS) is 18.4. The highest BCUT2D eigenvalue weighted by Gasteiger charge is 2.36. The molecule has 0 aliphatic heterocycles. The summed E-state index contributed by atoms with van der Waals surface area (Å²) in [5, 5.41) is 14.7. The zero-order chi connectivity index (χ0) is 21.7. The van der Waals surface area contributed by atoms with Crippen LogP contribution < -0.4 is 10.1 Å². The summed E-state index contributed by atoms with van der Waals surface area (Å²) in [4.78, 5) is 11.6. The monoisotopic (exact) mass is 431 g/mol. The number of fused-ring (bicyclic) bond motifs is 1. The third-order valence-electron chi connectivity index (χ3n) is 5.80. The van der Waals surface area contributed by atoms with Crippen LogP contribution in [0.4, 0.5) is 0 Å². The fourth-order valence-electron chi connectivity index (χ4n) is 4.10. The van der Waals surface area contributed by atoms with E-state index in [0.717, 1.165) is 18.4 Å². The number of halogens is 1. The van der Waals surface area contributed by atoms with Crippen LogP contribution in [0.2, 0.25) is 5.02 Å². The first kappa shape index (κ1) is 22.6. The van der Waals surface area contributed by atoms with E-state index in [1.165, 1.54) is 11.1 Å². The van der Waals surface area contributed by atoms with Gasteiger partial charge >= 0.3 is 5.97 Å². The number of aliphatic hydroxyl groups is 1. The molecule has 0 fully saturated rings. The van der Waals surface area contributed by atoms with E-state index in [0.29, 0.717) is 23.9 Å². The van der Waals surface area contributed by atoms with Gasteiger partial charge in [0.15, 0.2) is 6.61 Å². The Labute approximate surface area is 183 Å². The second-order valence-electron chi connectivity index (χ2n) is 8.20. The highest BCUT2D eigenvalue weighted by atomic mass is 35.5. The summed E-state index contributed by atoms with van der Waals surface area (Å²) in [6, 6.07) is 13.5. The van der Waals surface area contributed by atoms with E-state index < -0.39 is 6.10 Å². The number of hydrogen-bond donors (Lipinski definition) is 2. The molecule has 0 amide bonds. The standard InChI is InChI=1S/C24H30ClNO4/c1-4-29-23(28)15-30-19-10-8-16-9-11-22(24(2,3)20(16)13-19)26-14-21(27)17-6-5-7-18(25)12-17/h5-8,10,12-13,21-22,26-27H,4,9,11,14-15H2,1-3H3/t21-,22?/m0/s1. The van der Waals surface area contributed by atoms with Crippen LogP contribution in [0.15, 0.2) is 42.5 Å². The lowest BCUT2D eigenvalue weighted by Gasteiger charge is -2.41. The molecular weight excluding hydrogens is 402 g/mol. The summed E-state index contributed by atoms with van der Waals surface area (Å²) in [6.07, 6.45) is 1.30. The number of nitrogens with one attached hydrogen (secondary N) is 1. The Bertz CT molecular complexity index is 883. The number of benzene rings is 2. The topological polar surface area (TPSA) is 67.8 Å². The SMILES string of the molecule is CCOC(=O)COc1ccc2c(c1)C(C)(C)C(NC[C@H](O)c1cccc(Cl)c1)CC2. The zero-order valence-corrected chi connectivity index (χ0v) is 18.5. The summed E-state index contributed by atoms with van der Waals surface area (Å²) < 4.78 is 10.6. The van der Waals surface area contributed by atoms with E-state index in [2.05, 4.69) is 25.2 Å². The predicted octanol–water partition coefficient (Wildman–Crippen LogP) is 4.20. The lowest BCUT2D eigenvalue weighted by atomic mass is 9.69. The molecule has 1 aliphatic rings. The Morgan fingerprint density at radius 1 is 1.30 bits per heavy atom. The molecule has 5 nitrogen and oxygen atoms in total. The molecule has 1 unspecified atom stereocenters. The number of aryl methyl sites for hydroxylation is 1. The van der Waals surface area contributed by atoms with E-state index in [1.54, 1.807) is 19.1 Å². The van der Waals surface area contributed by atoms with E-state index in [-0.39, 0.29) is 24.0 Å². The quantitative estimate of drug-likeness (QED) is 0.613. The van der Waals surface area contributed by atoms with Gasteiger partial charge in [0, 0.05) is 23.0 Å². The molecule has 2 aromatic carbocycles. The van der Waals surface area contributed by atoms with Crippen LogP contribution in [0.25, 0.3) is 0 Å². The van der Waals surface area contributed by atoms with Gasteiger partial charge in [-0.2, -0.15) is 0 Å². The van der Waals surface area contributed by atoms with Crippen LogP contribution in [-0.2, 0) is 21.4 Å². The number of ether oxygens (including phenoxy) is 2. The molecule has 162 valence electrons. The number of carbonyl (C=O) groups excluding carboxylic acids is 1. The van der Waals surface area contributed by atoms with Crippen molar-refractivity contribution in [1.29, 1.82) is 0 Å². The van der Waals surface area contributed by atoms with Crippen molar-refractivity contribution in [2.75, 3.05) is 19.8 Å². The van der Waals surface area contributed by atoms with Crippen molar-refractivity contribution < 1.29 is 19.4 Å². The number of rotatable bonds is 8. The third-order valence-corrected chi connectivity index (χ3v) is 6.04. The molecule has 1 aliphatic carbocycles. The molecule has 0 spiro atoms. The van der Waals surface area contributed by atoms with E-state index in [1.807, 2.05) is 24.3 Å². The molecule has 6 heteroatoms. The minimum Gasteiger partial charge on any atom is -0.482 e. The van der Waals surface area contributed by atoms with Crippen molar-refractivity contribution in [2.24, 2.45) is 0 Å². The van der Waals surface area contributed by atoms with Gasteiger partial charge in [0.1, 0.15) is 5.75 Å². The van der Waals surface area contributed by atoms with E-state index in [9.17, 15) is 9.90 Å². The van der Waals surface area contributed by atoms with Crippen LogP contribution in [0.1, 0.15) is 50.0 Å². The van der Waals surface area contributed by atoms with Crippen molar-refractivity contribution in [3.63, 3.8) is 0 Å². The van der Waals surface area contributed by atoms with Crippen molar-refractivity contribution in [3.05, 3.63) is 64.2 Å². The maximum Gasteiger partial charge on any atom is 0.344 e. The average Bonchev–Trinajstić information content (AvgIpc) is 2.72. The average molecular weight is 432 g/mol. The molecule has 0 aromatic heterocycles. The first-order valence-electron chi connectivity index (χ1n) is 10.4. The van der Waals surface area contributed by atoms with Crippen molar-refractivity contribution >= 4 is 17.6 Å². The molecular formula is C24H30ClNO4. The van der Waals surface area contributed by atoms with Gasteiger partial charge in [0.25, 0.3) is 0 Å². The first-order valence-corrected chi connectivity index (χ1v) is 10.8. The number of hydrogen-bond acceptors (Lipinski definition) is 5. The van der Waals surface area contributed by atoms with Gasteiger partial charge in [0.2, 0.25) is 0 Å². The molecule has 0 saturated heterocycles. The summed E-state index contributed by atoms with van der Waals surface area (Å²) in [5.74, 6) is 0.290. The molecule has 0 radical (unpaired) electrons. The van der Waals surface area contributed by atoms with Gasteiger partial charge in [0.05, 0.1) is 12.7 Å². The number of esters is 1. The molecule has 0 bridgehead atoms. The van der Waals surface area contributed by atoms with Gasteiger partial charge in [-0.3, -0.25) is 0 Å². The van der Waals surface area contributed by atoms with Crippen LogP contribution in [0.3, 0.4) is 0 Å². The Kier molecular flexibility index (Phi) is 7.40. The van der Waals surface area contributed by atoms with Crippen molar-refractivity contribution in [3.8, 4) is 5.75 Å². The molecule has 0 heterocycles. The summed E-state index contributed by atoms with van der Waals surface area (Å²) >= 11 is 6.04. The Morgan fingerprint density at radius 2 is 2.10 bits per heavy atom. The Hall–Kier alpha value is -2.08. The third kappa shape index (κ3) is 5.34. The first-order chi connectivity index (χ1) is 14.3. The number of carbonyl (C=O) groups is 1. The molecule has 2 atom stereocenters. The molecule has 0 saturated carbocycles. The van der Waals surface area contributed by atoms with Crippen molar-refractivity contribution in [1.82, 2.24) is 5.32 Å². The minimum absolute atomic E-state index is 0.0967. The van der Waals surface area contributed by atoms with Crippen LogP contribution in [0.5, 0.6) is 5.75 Å². The van der Waals surface area contributed by atoms with E-state index >= 15 is 0 Å². The molecule has 3 rings (SSSR count). The maximum absolute atomic E-state index is 11.6. The summed E-state index contributed by atoms with van der Waals surface area (Å²) in [5.41, 5.74) is 3.13. The van der Waals surface area contributed by atoms with Gasteiger partial charge in [-0.05, 0) is 60.7 Å². The maximum atomic E-state index is 11.6. The predicted molar refractivity (Wildman–Crippen MR) is 118 cm³/mol. The fraction of sp³-hybridized carbons (Fsp3) is 0.458. The second kappa shape index (κ2) is 9.82. The molecule has 2 N–H and O–H groups in total. The Balaban J connectivity index is 1.67. The second-order valence-corrected chi connectivity index (χ2v) is 8.64. The molecule has 2 aromatic rings. The van der Waals surface area contributed by atoms with Gasteiger partial charge in [-0.1, -0.05) is 43.6 Å². The van der Waals surface area contributed by atoms with Crippen LogP contribution >= 0.6 is 11.6 Å². The fourth-order valence-corrected chi connectivity index (χ4v) is 4.30. The lowest BCUT2D eigenvalue weighted by Crippen LogP contribution is -2.49. The Morgan fingerprint density at radius 3 is 2.83 bits per heavy atom. The lowest BCUT2D eigenvalue weighted by molar-refractivity contribution is -0.145. The van der Waals surface area contributed by atoms with Gasteiger partial charge < -0.3 is 19.9 Å². The van der Waals surface area contributed by atoms with Crippen LogP contribution in [0, 0.1) is 0 Å². The largest absolute Gasteiger partial charge is 0.482 e. The smallest absolute Gasteiger partial charge is 0.344 e. The van der Waals surface area contributed by atoms with Crippen molar-refractivity contribution in [2.45, 2.75) is 51.2 Å². The minimum atomic E-state index is -0.625. The highest BCUT2D eigenvalue weighted by molar-refractivity contribution is 6.30. The summed E-state index contributed by atoms with van der Waals surface area (Å²) in [6.45, 7) is 6.86. The van der Waals surface area contributed by atoms with Crippen LogP contribution in [-0.4, -0.2) is 36.9 Å². The number of aliphatic hydroxyl groups excluding tert-OH is 1. The van der Waals surface area contributed by atoms with Gasteiger partial charge in [-0.15, -0.1) is 0 Å². The zero-order valence-electron chi connectivity index (χ0n) is 17.8.